The summed E-state index contributed by atoms with van der Waals surface area (Å²) in [6, 6.07) is 16.2. The standard InChI is InChI=1S/C21H24N4O.ClH/c1-25(2)21-8-5-19(15-24-21)14-23-13-17-3-6-20(7-4-17)26-16-18-9-11-22-12-10-18;/h3-12,15,23H,13-14,16H2,1-2H3;1H. The molecule has 3 rings (SSSR count). The summed E-state index contributed by atoms with van der Waals surface area (Å²) in [7, 11) is 3.98. The number of anilines is 1. The Morgan fingerprint density at radius 3 is 2.15 bits per heavy atom. The van der Waals surface area contributed by atoms with E-state index in [9.17, 15) is 0 Å². The van der Waals surface area contributed by atoms with E-state index in [2.05, 4.69) is 33.5 Å². The van der Waals surface area contributed by atoms with Gasteiger partial charge in [-0.15, -0.1) is 12.4 Å². The van der Waals surface area contributed by atoms with E-state index in [-0.39, 0.29) is 12.4 Å². The molecule has 27 heavy (non-hydrogen) atoms. The third kappa shape index (κ3) is 6.55. The second-order valence-electron chi connectivity index (χ2n) is 6.31. The third-order valence-electron chi connectivity index (χ3n) is 4.00. The Morgan fingerprint density at radius 1 is 0.852 bits per heavy atom. The second kappa shape index (κ2) is 10.5. The van der Waals surface area contributed by atoms with Gasteiger partial charge in [-0.3, -0.25) is 4.98 Å². The van der Waals surface area contributed by atoms with Gasteiger partial charge in [-0.1, -0.05) is 18.2 Å². The van der Waals surface area contributed by atoms with Crippen molar-refractivity contribution in [1.82, 2.24) is 15.3 Å². The van der Waals surface area contributed by atoms with Crippen LogP contribution >= 0.6 is 12.4 Å². The fourth-order valence-corrected chi connectivity index (χ4v) is 2.49. The molecule has 0 atom stereocenters. The van der Waals surface area contributed by atoms with Gasteiger partial charge in [0.1, 0.15) is 18.2 Å². The van der Waals surface area contributed by atoms with Gasteiger partial charge in [-0.2, -0.15) is 0 Å². The number of hydrogen-bond acceptors (Lipinski definition) is 5. The average Bonchev–Trinajstić information content (AvgIpc) is 2.68. The van der Waals surface area contributed by atoms with Crippen LogP contribution < -0.4 is 15.0 Å². The van der Waals surface area contributed by atoms with Crippen LogP contribution in [0.1, 0.15) is 16.7 Å². The molecule has 0 fully saturated rings. The van der Waals surface area contributed by atoms with Crippen LogP contribution in [0.4, 0.5) is 5.82 Å². The quantitative estimate of drug-likeness (QED) is 0.639. The van der Waals surface area contributed by atoms with Crippen molar-refractivity contribution in [3.63, 3.8) is 0 Å². The molecule has 0 amide bonds. The van der Waals surface area contributed by atoms with Gasteiger partial charge in [0.2, 0.25) is 0 Å². The lowest BCUT2D eigenvalue weighted by Gasteiger charge is -2.11. The van der Waals surface area contributed by atoms with E-state index in [0.29, 0.717) is 6.61 Å². The number of ether oxygens (including phenoxy) is 1. The molecule has 2 heterocycles. The van der Waals surface area contributed by atoms with Crippen molar-refractivity contribution in [1.29, 1.82) is 0 Å². The predicted octanol–water partition coefficient (Wildman–Crippen LogP) is 3.83. The van der Waals surface area contributed by atoms with Crippen LogP contribution in [0.25, 0.3) is 0 Å². The normalized spacial score (nSPS) is 10.1. The fourth-order valence-electron chi connectivity index (χ4n) is 2.49. The zero-order chi connectivity index (χ0) is 18.2. The van der Waals surface area contributed by atoms with Crippen LogP contribution in [0.2, 0.25) is 0 Å². The van der Waals surface area contributed by atoms with Crippen molar-refractivity contribution >= 4 is 18.2 Å². The molecular weight excluding hydrogens is 360 g/mol. The molecule has 0 radical (unpaired) electrons. The van der Waals surface area contributed by atoms with Gasteiger partial charge < -0.3 is 15.0 Å². The van der Waals surface area contributed by atoms with Crippen LogP contribution in [0.5, 0.6) is 5.75 Å². The highest BCUT2D eigenvalue weighted by molar-refractivity contribution is 5.85. The van der Waals surface area contributed by atoms with Crippen LogP contribution in [0, 0.1) is 0 Å². The van der Waals surface area contributed by atoms with Gasteiger partial charge in [0.05, 0.1) is 0 Å². The van der Waals surface area contributed by atoms with E-state index >= 15 is 0 Å². The zero-order valence-corrected chi connectivity index (χ0v) is 16.4. The van der Waals surface area contributed by atoms with Gasteiger partial charge in [-0.25, -0.2) is 4.98 Å². The zero-order valence-electron chi connectivity index (χ0n) is 15.6. The molecular formula is C21H25ClN4O. The van der Waals surface area contributed by atoms with Crippen LogP contribution in [-0.2, 0) is 19.7 Å². The maximum Gasteiger partial charge on any atom is 0.127 e. The van der Waals surface area contributed by atoms with E-state index < -0.39 is 0 Å². The number of nitrogens with one attached hydrogen (secondary N) is 1. The molecule has 0 aliphatic rings. The summed E-state index contributed by atoms with van der Waals surface area (Å²) in [5.74, 6) is 1.84. The molecule has 0 saturated carbocycles. The highest BCUT2D eigenvalue weighted by atomic mass is 35.5. The van der Waals surface area contributed by atoms with Crippen LogP contribution in [0.15, 0.2) is 67.1 Å². The highest BCUT2D eigenvalue weighted by Gasteiger charge is 2.00. The lowest BCUT2D eigenvalue weighted by atomic mass is 10.2. The van der Waals surface area contributed by atoms with Crippen LogP contribution in [0.3, 0.4) is 0 Å². The first-order valence-corrected chi connectivity index (χ1v) is 8.64. The predicted molar refractivity (Wildman–Crippen MR) is 111 cm³/mol. The molecule has 0 unspecified atom stereocenters. The van der Waals surface area contributed by atoms with Gasteiger partial charge >= 0.3 is 0 Å². The summed E-state index contributed by atoms with van der Waals surface area (Å²) in [6.07, 6.45) is 5.46. The van der Waals surface area contributed by atoms with E-state index in [1.54, 1.807) is 12.4 Å². The number of rotatable bonds is 8. The van der Waals surface area contributed by atoms with E-state index in [0.717, 1.165) is 30.2 Å². The Morgan fingerprint density at radius 2 is 1.52 bits per heavy atom. The first-order chi connectivity index (χ1) is 12.7. The third-order valence-corrected chi connectivity index (χ3v) is 4.00. The Bertz CT molecular complexity index is 793. The Kier molecular flexibility index (Phi) is 8.04. The number of aromatic nitrogens is 2. The average molecular weight is 385 g/mol. The second-order valence-corrected chi connectivity index (χ2v) is 6.31. The topological polar surface area (TPSA) is 50.3 Å². The van der Waals surface area contributed by atoms with Crippen molar-refractivity contribution in [3.8, 4) is 5.75 Å². The summed E-state index contributed by atoms with van der Waals surface area (Å²) >= 11 is 0. The first kappa shape index (κ1) is 20.7. The number of pyridine rings is 2. The van der Waals surface area contributed by atoms with Gasteiger partial charge in [-0.05, 0) is 47.0 Å². The van der Waals surface area contributed by atoms with Gasteiger partial charge in [0.25, 0.3) is 0 Å². The minimum atomic E-state index is 0. The molecule has 0 aliphatic heterocycles. The van der Waals surface area contributed by atoms with E-state index in [1.807, 2.05) is 55.5 Å². The Balaban J connectivity index is 0.00000261. The Labute approximate surface area is 166 Å². The van der Waals surface area contributed by atoms with Crippen molar-refractivity contribution in [3.05, 3.63) is 83.8 Å². The van der Waals surface area contributed by atoms with Crippen LogP contribution in [-0.4, -0.2) is 24.1 Å². The molecule has 0 saturated heterocycles. The van der Waals surface area contributed by atoms with Crippen molar-refractivity contribution in [2.24, 2.45) is 0 Å². The molecule has 0 spiro atoms. The van der Waals surface area contributed by atoms with Crippen molar-refractivity contribution < 1.29 is 4.74 Å². The molecule has 6 heteroatoms. The van der Waals surface area contributed by atoms with Crippen molar-refractivity contribution in [2.45, 2.75) is 19.7 Å². The monoisotopic (exact) mass is 384 g/mol. The molecule has 0 bridgehead atoms. The highest BCUT2D eigenvalue weighted by Crippen LogP contribution is 2.14. The largest absolute Gasteiger partial charge is 0.489 e. The lowest BCUT2D eigenvalue weighted by Crippen LogP contribution is -2.14. The smallest absolute Gasteiger partial charge is 0.127 e. The summed E-state index contributed by atoms with van der Waals surface area (Å²) < 4.78 is 5.79. The summed E-state index contributed by atoms with van der Waals surface area (Å²) in [6.45, 7) is 2.15. The maximum absolute atomic E-state index is 5.79. The number of nitrogens with zero attached hydrogens (tertiary/aromatic N) is 3. The molecule has 3 aromatic rings. The molecule has 142 valence electrons. The number of benzene rings is 1. The molecule has 1 aromatic carbocycles. The van der Waals surface area contributed by atoms with Crippen molar-refractivity contribution in [2.75, 3.05) is 19.0 Å². The van der Waals surface area contributed by atoms with Gasteiger partial charge in [0, 0.05) is 45.8 Å². The SMILES string of the molecule is CN(C)c1ccc(CNCc2ccc(OCc3ccncc3)cc2)cn1.Cl. The molecule has 1 N–H and O–H groups in total. The lowest BCUT2D eigenvalue weighted by molar-refractivity contribution is 0.306. The first-order valence-electron chi connectivity index (χ1n) is 8.64. The number of halogens is 1. The summed E-state index contributed by atoms with van der Waals surface area (Å²) in [5, 5.41) is 3.44. The summed E-state index contributed by atoms with van der Waals surface area (Å²) in [4.78, 5) is 10.4. The Hall–Kier alpha value is -2.63. The summed E-state index contributed by atoms with van der Waals surface area (Å²) in [5.41, 5.74) is 3.51. The minimum absolute atomic E-state index is 0. The molecule has 0 aliphatic carbocycles. The molecule has 5 nitrogen and oxygen atoms in total. The maximum atomic E-state index is 5.79. The van der Waals surface area contributed by atoms with E-state index in [1.165, 1.54) is 11.1 Å². The fraction of sp³-hybridized carbons (Fsp3) is 0.238. The van der Waals surface area contributed by atoms with E-state index in [4.69, 9.17) is 4.74 Å². The van der Waals surface area contributed by atoms with Gasteiger partial charge in [0.15, 0.2) is 0 Å². The number of hydrogen-bond donors (Lipinski definition) is 1. The minimum Gasteiger partial charge on any atom is -0.489 e. The molecule has 2 aromatic heterocycles.